The minimum Gasteiger partial charge on any atom is -0.493 e. The molecule has 1 fully saturated rings. The monoisotopic (exact) mass is 272 g/mol. The third-order valence-electron chi connectivity index (χ3n) is 3.71. The first-order chi connectivity index (χ1) is 9.71. The number of amides is 1. The lowest BCUT2D eigenvalue weighted by molar-refractivity contribution is 0.0899. The molecule has 106 valence electrons. The summed E-state index contributed by atoms with van der Waals surface area (Å²) in [6.45, 7) is 2.39. The van der Waals surface area contributed by atoms with E-state index in [4.69, 9.17) is 4.74 Å². The molecule has 0 spiro atoms. The molecule has 2 rings (SSSR count). The van der Waals surface area contributed by atoms with Crippen LogP contribution in [0.2, 0.25) is 0 Å². The zero-order chi connectivity index (χ0) is 14.4. The Morgan fingerprint density at radius 2 is 2.05 bits per heavy atom. The highest BCUT2D eigenvalue weighted by Gasteiger charge is 2.34. The Morgan fingerprint density at radius 3 is 2.70 bits per heavy atom. The maximum Gasteiger partial charge on any atom is 0.256 e. The van der Waals surface area contributed by atoms with Gasteiger partial charge >= 0.3 is 0 Å². The van der Waals surface area contributed by atoms with Crippen LogP contribution < -0.4 is 10.1 Å². The van der Waals surface area contributed by atoms with Crippen molar-refractivity contribution in [2.24, 2.45) is 0 Å². The summed E-state index contributed by atoms with van der Waals surface area (Å²) >= 11 is 0. The van der Waals surface area contributed by atoms with Gasteiger partial charge in [0.15, 0.2) is 0 Å². The molecule has 1 aromatic rings. The highest BCUT2D eigenvalue weighted by molar-refractivity contribution is 5.97. The number of hydrogen-bond donors (Lipinski definition) is 1. The fraction of sp³-hybridized carbons (Fsp3) is 0.500. The van der Waals surface area contributed by atoms with Crippen LogP contribution in [-0.4, -0.2) is 18.1 Å². The van der Waals surface area contributed by atoms with E-state index in [9.17, 15) is 10.1 Å². The first kappa shape index (κ1) is 14.4. The van der Waals surface area contributed by atoms with Gasteiger partial charge in [-0.2, -0.15) is 5.26 Å². The number of hydrogen-bond acceptors (Lipinski definition) is 3. The predicted octanol–water partition coefficient (Wildman–Crippen LogP) is 3.04. The second-order valence-electron chi connectivity index (χ2n) is 5.14. The maximum atomic E-state index is 12.4. The van der Waals surface area contributed by atoms with E-state index in [1.165, 1.54) is 0 Å². The van der Waals surface area contributed by atoms with E-state index < -0.39 is 5.54 Å². The van der Waals surface area contributed by atoms with Crippen LogP contribution in [0.15, 0.2) is 24.3 Å². The highest BCUT2D eigenvalue weighted by Crippen LogP contribution is 2.28. The Kier molecular flexibility index (Phi) is 4.62. The van der Waals surface area contributed by atoms with Crippen LogP contribution in [0.5, 0.6) is 5.75 Å². The minimum absolute atomic E-state index is 0.225. The molecule has 1 amide bonds. The van der Waals surface area contributed by atoms with Crippen LogP contribution in [-0.2, 0) is 0 Å². The lowest BCUT2D eigenvalue weighted by Gasteiger charge is -2.31. The van der Waals surface area contributed by atoms with Crippen molar-refractivity contribution in [1.29, 1.82) is 5.26 Å². The molecule has 4 heteroatoms. The van der Waals surface area contributed by atoms with E-state index in [2.05, 4.69) is 11.4 Å². The molecule has 20 heavy (non-hydrogen) atoms. The Labute approximate surface area is 119 Å². The SMILES string of the molecule is CCOc1ccccc1C(=O)NC1(C#N)CCCCC1. The Bertz CT molecular complexity index is 513. The molecule has 0 heterocycles. The van der Waals surface area contributed by atoms with Gasteiger partial charge in [-0.15, -0.1) is 0 Å². The average molecular weight is 272 g/mol. The summed E-state index contributed by atoms with van der Waals surface area (Å²) in [4.78, 5) is 12.4. The molecule has 1 aromatic carbocycles. The molecule has 0 bridgehead atoms. The van der Waals surface area contributed by atoms with Crippen LogP contribution in [0, 0.1) is 11.3 Å². The van der Waals surface area contributed by atoms with Gasteiger partial charge < -0.3 is 10.1 Å². The first-order valence-electron chi connectivity index (χ1n) is 7.16. The zero-order valence-electron chi connectivity index (χ0n) is 11.8. The van der Waals surface area contributed by atoms with Crippen molar-refractivity contribution in [3.8, 4) is 11.8 Å². The zero-order valence-corrected chi connectivity index (χ0v) is 11.8. The fourth-order valence-electron chi connectivity index (χ4n) is 2.64. The number of benzene rings is 1. The van der Waals surface area contributed by atoms with Crippen molar-refractivity contribution in [1.82, 2.24) is 5.32 Å². The molecule has 4 nitrogen and oxygen atoms in total. The van der Waals surface area contributed by atoms with Gasteiger partial charge in [0, 0.05) is 0 Å². The molecule has 1 aliphatic carbocycles. The third kappa shape index (κ3) is 3.11. The molecule has 0 unspecified atom stereocenters. The van der Waals surface area contributed by atoms with E-state index in [1.807, 2.05) is 13.0 Å². The van der Waals surface area contributed by atoms with Crippen molar-refractivity contribution >= 4 is 5.91 Å². The van der Waals surface area contributed by atoms with Crippen LogP contribution in [0.4, 0.5) is 0 Å². The molecular weight excluding hydrogens is 252 g/mol. The quantitative estimate of drug-likeness (QED) is 0.916. The average Bonchev–Trinajstić information content (AvgIpc) is 2.49. The van der Waals surface area contributed by atoms with Crippen molar-refractivity contribution in [3.05, 3.63) is 29.8 Å². The van der Waals surface area contributed by atoms with Gasteiger partial charge in [0.1, 0.15) is 11.3 Å². The second kappa shape index (κ2) is 6.42. The number of ether oxygens (including phenoxy) is 1. The number of rotatable bonds is 4. The van der Waals surface area contributed by atoms with E-state index in [0.717, 1.165) is 32.1 Å². The second-order valence-corrected chi connectivity index (χ2v) is 5.14. The smallest absolute Gasteiger partial charge is 0.256 e. The van der Waals surface area contributed by atoms with E-state index in [1.54, 1.807) is 18.2 Å². The number of nitriles is 1. The summed E-state index contributed by atoms with van der Waals surface area (Å²) in [7, 11) is 0. The van der Waals surface area contributed by atoms with Crippen molar-refractivity contribution < 1.29 is 9.53 Å². The van der Waals surface area contributed by atoms with Gasteiger partial charge in [0.05, 0.1) is 18.2 Å². The van der Waals surface area contributed by atoms with Gasteiger partial charge in [0.2, 0.25) is 0 Å². The normalized spacial score (nSPS) is 17.0. The van der Waals surface area contributed by atoms with Crippen molar-refractivity contribution in [3.63, 3.8) is 0 Å². The lowest BCUT2D eigenvalue weighted by atomic mass is 9.82. The summed E-state index contributed by atoms with van der Waals surface area (Å²) in [5, 5.41) is 12.3. The molecule has 1 aliphatic rings. The number of carbonyl (C=O) groups excluding carboxylic acids is 1. The van der Waals surface area contributed by atoms with Gasteiger partial charge in [-0.1, -0.05) is 31.4 Å². The maximum absolute atomic E-state index is 12.4. The van der Waals surface area contributed by atoms with Crippen LogP contribution in [0.25, 0.3) is 0 Å². The number of carbonyl (C=O) groups is 1. The Hall–Kier alpha value is -2.02. The molecule has 1 N–H and O–H groups in total. The summed E-state index contributed by atoms with van der Waals surface area (Å²) in [6.07, 6.45) is 4.56. The molecule has 0 saturated heterocycles. The molecule has 1 saturated carbocycles. The molecule has 0 aromatic heterocycles. The Balaban J connectivity index is 2.17. The number of para-hydroxylation sites is 1. The fourth-order valence-corrected chi connectivity index (χ4v) is 2.64. The first-order valence-corrected chi connectivity index (χ1v) is 7.16. The standard InChI is InChI=1S/C16H20N2O2/c1-2-20-14-9-5-4-8-13(14)15(19)18-16(12-17)10-6-3-7-11-16/h4-5,8-9H,2-3,6-7,10-11H2,1H3,(H,18,19). The predicted molar refractivity (Wildman–Crippen MR) is 76.5 cm³/mol. The summed E-state index contributed by atoms with van der Waals surface area (Å²) in [5.41, 5.74) is -0.219. The molecule has 0 radical (unpaired) electrons. The van der Waals surface area contributed by atoms with Crippen LogP contribution >= 0.6 is 0 Å². The van der Waals surface area contributed by atoms with E-state index in [-0.39, 0.29) is 5.91 Å². The van der Waals surface area contributed by atoms with E-state index >= 15 is 0 Å². The highest BCUT2D eigenvalue weighted by atomic mass is 16.5. The lowest BCUT2D eigenvalue weighted by Crippen LogP contribution is -2.48. The van der Waals surface area contributed by atoms with Gasteiger partial charge in [0.25, 0.3) is 5.91 Å². The Morgan fingerprint density at radius 1 is 1.35 bits per heavy atom. The minimum atomic E-state index is -0.714. The number of nitrogens with zero attached hydrogens (tertiary/aromatic N) is 1. The third-order valence-corrected chi connectivity index (χ3v) is 3.71. The van der Waals surface area contributed by atoms with Crippen LogP contribution in [0.3, 0.4) is 0 Å². The summed E-state index contributed by atoms with van der Waals surface area (Å²) in [6, 6.07) is 9.44. The van der Waals surface area contributed by atoms with Crippen molar-refractivity contribution in [2.45, 2.75) is 44.6 Å². The van der Waals surface area contributed by atoms with Gasteiger partial charge in [-0.25, -0.2) is 0 Å². The molecule has 0 atom stereocenters. The number of nitrogens with one attached hydrogen (secondary N) is 1. The largest absolute Gasteiger partial charge is 0.493 e. The summed E-state index contributed by atoms with van der Waals surface area (Å²) < 4.78 is 5.47. The summed E-state index contributed by atoms with van der Waals surface area (Å²) in [5.74, 6) is 0.342. The molecular formula is C16H20N2O2. The van der Waals surface area contributed by atoms with Crippen molar-refractivity contribution in [2.75, 3.05) is 6.61 Å². The topological polar surface area (TPSA) is 62.1 Å². The molecule has 0 aliphatic heterocycles. The van der Waals surface area contributed by atoms with E-state index in [0.29, 0.717) is 17.9 Å². The van der Waals surface area contributed by atoms with Gasteiger partial charge in [-0.05, 0) is 31.9 Å². The van der Waals surface area contributed by atoms with Gasteiger partial charge in [-0.3, -0.25) is 4.79 Å². The van der Waals surface area contributed by atoms with Crippen LogP contribution in [0.1, 0.15) is 49.4 Å².